The molecule has 0 radical (unpaired) electrons. The number of carbonyl (C=O) groups is 1. The fourth-order valence-electron chi connectivity index (χ4n) is 4.43. The molecule has 2 aromatic heterocycles. The van der Waals surface area contributed by atoms with Crippen LogP contribution in [-0.2, 0) is 20.7 Å². The Kier molecular flexibility index (Phi) is 8.08. The van der Waals surface area contributed by atoms with Crippen LogP contribution in [-0.4, -0.2) is 65.8 Å². The van der Waals surface area contributed by atoms with Gasteiger partial charge in [0, 0.05) is 82.1 Å². The number of hydrogen-bond acceptors (Lipinski definition) is 8. The topological polar surface area (TPSA) is 98.3 Å². The summed E-state index contributed by atoms with van der Waals surface area (Å²) in [7, 11) is 1.65. The minimum Gasteiger partial charge on any atom is -0.381 e. The van der Waals surface area contributed by atoms with Crippen LogP contribution in [0.4, 0.5) is 10.2 Å². The number of piperidine rings is 1. The van der Waals surface area contributed by atoms with Gasteiger partial charge in [-0.05, 0) is 25.8 Å². The highest BCUT2D eigenvalue weighted by molar-refractivity contribution is 6.33. The van der Waals surface area contributed by atoms with Gasteiger partial charge in [-0.1, -0.05) is 11.6 Å². The Balaban J connectivity index is 1.49. The Hall–Kier alpha value is -2.20. The lowest BCUT2D eigenvalue weighted by Gasteiger charge is -2.36. The first kappa shape index (κ1) is 24.9. The molecule has 34 heavy (non-hydrogen) atoms. The number of ketones is 1. The van der Waals surface area contributed by atoms with E-state index in [4.69, 9.17) is 21.1 Å². The number of nitrogens with zero attached hydrogens (tertiary/aromatic N) is 3. The molecule has 0 saturated carbocycles. The first-order valence-electron chi connectivity index (χ1n) is 11.7. The third-order valence-corrected chi connectivity index (χ3v) is 7.10. The molecule has 2 saturated heterocycles. The SMILES string of the molecule is COC1(CNc2nc(-c3cc(CC(=O)[C@@H]4CC[C@@H](C)NC4)ncc3Cl)cnc2F)CCOCC1. The number of Topliss-reactive ketones (excluding diaryl/α,β-unsaturated/α-hetero) is 1. The van der Waals surface area contributed by atoms with Gasteiger partial charge in [0.25, 0.3) is 5.95 Å². The number of carbonyl (C=O) groups excluding carboxylic acids is 1. The van der Waals surface area contributed by atoms with Crippen LogP contribution in [0.3, 0.4) is 0 Å². The average molecular weight is 492 g/mol. The van der Waals surface area contributed by atoms with E-state index in [2.05, 4.69) is 32.5 Å². The van der Waals surface area contributed by atoms with E-state index in [9.17, 15) is 9.18 Å². The molecule has 0 aliphatic carbocycles. The second-order valence-corrected chi connectivity index (χ2v) is 9.54. The summed E-state index contributed by atoms with van der Waals surface area (Å²) in [6.07, 6.45) is 6.31. The van der Waals surface area contributed by atoms with Gasteiger partial charge in [-0.15, -0.1) is 0 Å². The maximum absolute atomic E-state index is 14.5. The second-order valence-electron chi connectivity index (χ2n) is 9.13. The summed E-state index contributed by atoms with van der Waals surface area (Å²) in [6.45, 7) is 4.37. The van der Waals surface area contributed by atoms with Crippen LogP contribution in [0.2, 0.25) is 5.02 Å². The number of anilines is 1. The molecule has 0 spiro atoms. The quantitative estimate of drug-likeness (QED) is 0.579. The summed E-state index contributed by atoms with van der Waals surface area (Å²) in [4.78, 5) is 25.4. The largest absolute Gasteiger partial charge is 0.381 e. The standard InChI is InChI=1S/C24H31ClFN5O3/c1-15-3-4-16(11-27-15)21(32)10-17-9-18(19(25)12-28-17)20-13-29-22(26)23(31-20)30-14-24(33-2)5-7-34-8-6-24/h9,12-13,15-16,27H,3-8,10-11,14H2,1-2H3,(H,30,31)/t15-,16-/m1/s1. The fraction of sp³-hybridized carbons (Fsp3) is 0.583. The van der Waals surface area contributed by atoms with Crippen LogP contribution < -0.4 is 10.6 Å². The molecule has 2 aliphatic rings. The van der Waals surface area contributed by atoms with Gasteiger partial charge < -0.3 is 20.1 Å². The molecule has 0 aromatic carbocycles. The van der Waals surface area contributed by atoms with E-state index < -0.39 is 11.5 Å². The van der Waals surface area contributed by atoms with E-state index in [1.807, 2.05) is 0 Å². The monoisotopic (exact) mass is 491 g/mol. The highest BCUT2D eigenvalue weighted by atomic mass is 35.5. The number of pyridine rings is 1. The van der Waals surface area contributed by atoms with Gasteiger partial charge in [0.1, 0.15) is 5.78 Å². The van der Waals surface area contributed by atoms with Gasteiger partial charge in [-0.3, -0.25) is 9.78 Å². The Morgan fingerprint density at radius 2 is 2.12 bits per heavy atom. The van der Waals surface area contributed by atoms with Gasteiger partial charge in [0.2, 0.25) is 0 Å². The van der Waals surface area contributed by atoms with Gasteiger partial charge >= 0.3 is 0 Å². The van der Waals surface area contributed by atoms with Crippen molar-refractivity contribution in [3.63, 3.8) is 0 Å². The summed E-state index contributed by atoms with van der Waals surface area (Å²) in [6, 6.07) is 2.18. The normalized spacial score (nSPS) is 22.4. The predicted octanol–water partition coefficient (Wildman–Crippen LogP) is 3.44. The zero-order valence-corrected chi connectivity index (χ0v) is 20.3. The molecular weight excluding hydrogens is 461 g/mol. The van der Waals surface area contributed by atoms with E-state index in [1.54, 1.807) is 13.2 Å². The first-order valence-corrected chi connectivity index (χ1v) is 12.1. The molecule has 8 nitrogen and oxygen atoms in total. The molecule has 2 N–H and O–H groups in total. The molecule has 4 rings (SSSR count). The Morgan fingerprint density at radius 3 is 2.82 bits per heavy atom. The molecular formula is C24H31ClFN5O3. The van der Waals surface area contributed by atoms with Crippen LogP contribution in [0.1, 0.15) is 38.3 Å². The smallest absolute Gasteiger partial charge is 0.255 e. The van der Waals surface area contributed by atoms with Gasteiger partial charge in [0.15, 0.2) is 5.82 Å². The Bertz CT molecular complexity index is 1010. The lowest BCUT2D eigenvalue weighted by molar-refractivity contribution is -0.122. The van der Waals surface area contributed by atoms with Crippen LogP contribution in [0.15, 0.2) is 18.5 Å². The Morgan fingerprint density at radius 1 is 1.32 bits per heavy atom. The van der Waals surface area contributed by atoms with Gasteiger partial charge in [-0.2, -0.15) is 4.39 Å². The summed E-state index contributed by atoms with van der Waals surface area (Å²) in [5, 5.41) is 6.76. The van der Waals surface area contributed by atoms with E-state index in [-0.39, 0.29) is 23.9 Å². The molecule has 184 valence electrons. The summed E-state index contributed by atoms with van der Waals surface area (Å²) in [5.41, 5.74) is 1.11. The highest BCUT2D eigenvalue weighted by Crippen LogP contribution is 2.29. The molecule has 2 atom stereocenters. The van der Waals surface area contributed by atoms with E-state index in [1.165, 1.54) is 12.4 Å². The van der Waals surface area contributed by atoms with Crippen molar-refractivity contribution in [3.05, 3.63) is 35.1 Å². The maximum atomic E-state index is 14.5. The molecule has 2 aliphatic heterocycles. The molecule has 4 heterocycles. The third kappa shape index (κ3) is 5.89. The number of halogens is 2. The van der Waals surface area contributed by atoms with Crippen molar-refractivity contribution < 1.29 is 18.7 Å². The van der Waals surface area contributed by atoms with Gasteiger partial charge in [-0.25, -0.2) is 9.97 Å². The van der Waals surface area contributed by atoms with Crippen molar-refractivity contribution in [2.75, 3.05) is 38.7 Å². The van der Waals surface area contributed by atoms with Crippen molar-refractivity contribution in [3.8, 4) is 11.3 Å². The summed E-state index contributed by atoms with van der Waals surface area (Å²) >= 11 is 6.39. The zero-order valence-electron chi connectivity index (χ0n) is 19.6. The van der Waals surface area contributed by atoms with Crippen molar-refractivity contribution in [2.45, 2.75) is 50.7 Å². The molecule has 0 amide bonds. The Labute approximate surface area is 204 Å². The lowest BCUT2D eigenvalue weighted by atomic mass is 9.90. The summed E-state index contributed by atoms with van der Waals surface area (Å²) < 4.78 is 25.6. The molecule has 2 aromatic rings. The number of ether oxygens (including phenoxy) is 2. The van der Waals surface area contributed by atoms with Crippen LogP contribution >= 0.6 is 11.6 Å². The van der Waals surface area contributed by atoms with Crippen LogP contribution in [0.25, 0.3) is 11.3 Å². The van der Waals surface area contributed by atoms with Crippen molar-refractivity contribution in [1.82, 2.24) is 20.3 Å². The van der Waals surface area contributed by atoms with Crippen LogP contribution in [0.5, 0.6) is 0 Å². The van der Waals surface area contributed by atoms with E-state index in [0.717, 1.165) is 12.8 Å². The predicted molar refractivity (Wildman–Crippen MR) is 127 cm³/mol. The van der Waals surface area contributed by atoms with Crippen molar-refractivity contribution in [1.29, 1.82) is 0 Å². The number of aromatic nitrogens is 3. The van der Waals surface area contributed by atoms with E-state index in [0.29, 0.717) is 67.2 Å². The van der Waals surface area contributed by atoms with Gasteiger partial charge in [0.05, 0.1) is 22.5 Å². The van der Waals surface area contributed by atoms with Crippen molar-refractivity contribution >= 4 is 23.2 Å². The summed E-state index contributed by atoms with van der Waals surface area (Å²) in [5.74, 6) is -0.555. The molecule has 10 heteroatoms. The van der Waals surface area contributed by atoms with Crippen molar-refractivity contribution in [2.24, 2.45) is 5.92 Å². The first-order chi connectivity index (χ1) is 16.4. The minimum atomic E-state index is -0.707. The highest BCUT2D eigenvalue weighted by Gasteiger charge is 2.33. The minimum absolute atomic E-state index is 0.0168. The maximum Gasteiger partial charge on any atom is 0.255 e. The molecule has 0 unspecified atom stereocenters. The van der Waals surface area contributed by atoms with E-state index >= 15 is 0 Å². The van der Waals surface area contributed by atoms with Crippen LogP contribution in [0, 0.1) is 11.9 Å². The third-order valence-electron chi connectivity index (χ3n) is 6.80. The average Bonchev–Trinajstić information content (AvgIpc) is 2.86. The lowest BCUT2D eigenvalue weighted by Crippen LogP contribution is -2.44. The zero-order chi connectivity index (χ0) is 24.1. The molecule has 0 bridgehead atoms. The number of nitrogens with one attached hydrogen (secondary N) is 2. The second kappa shape index (κ2) is 11.0. The fourth-order valence-corrected chi connectivity index (χ4v) is 4.63. The number of hydrogen-bond donors (Lipinski definition) is 2. The molecule has 2 fully saturated rings. The number of methoxy groups -OCH3 is 1. The number of rotatable bonds is 8.